The minimum absolute atomic E-state index is 0.126. The number of allylic oxidation sites excluding steroid dienone is 1. The third-order valence-electron chi connectivity index (χ3n) is 6.22. The highest BCUT2D eigenvalue weighted by atomic mass is 35.5. The number of halogens is 5. The number of alkyl halides is 3. The number of benzene rings is 1. The molecule has 0 bridgehead atoms. The van der Waals surface area contributed by atoms with Crippen molar-refractivity contribution in [2.45, 2.75) is 50.9 Å². The smallest absolute Gasteiger partial charge is 0.381 e. The number of carbonyl (C=O) groups is 1. The zero-order chi connectivity index (χ0) is 26.5. The summed E-state index contributed by atoms with van der Waals surface area (Å²) in [7, 11) is 0. The Hall–Kier alpha value is -2.27. The van der Waals surface area contributed by atoms with E-state index in [1.54, 1.807) is 12.1 Å². The molecule has 2 aliphatic heterocycles. The fourth-order valence-corrected chi connectivity index (χ4v) is 4.36. The number of amides is 1. The Balaban J connectivity index is 1.77. The lowest BCUT2D eigenvalue weighted by molar-refractivity contribution is -0.128. The summed E-state index contributed by atoms with van der Waals surface area (Å²) in [6.07, 6.45) is -1.66. The number of piperidine rings is 1. The van der Waals surface area contributed by atoms with Crippen LogP contribution < -0.4 is 16.4 Å². The molecular formula is C24H30Cl2F3N5O2. The van der Waals surface area contributed by atoms with Crippen LogP contribution in [0.4, 0.5) is 18.9 Å². The maximum atomic E-state index is 13.3. The van der Waals surface area contributed by atoms with Crippen molar-refractivity contribution in [3.05, 3.63) is 51.8 Å². The summed E-state index contributed by atoms with van der Waals surface area (Å²) in [5.74, 6) is -2.25. The number of nitrogens with zero attached hydrogens (tertiary/aromatic N) is 2. The normalized spacial score (nSPS) is 19.2. The van der Waals surface area contributed by atoms with Crippen LogP contribution in [0, 0.1) is 0 Å². The number of amidine groups is 1. The maximum Gasteiger partial charge on any atom is 0.448 e. The number of nitrogens with one attached hydrogen (secondary N) is 2. The van der Waals surface area contributed by atoms with Crippen molar-refractivity contribution >= 4 is 40.6 Å². The average molecular weight is 548 g/mol. The van der Waals surface area contributed by atoms with Gasteiger partial charge in [-0.2, -0.15) is 13.2 Å². The predicted octanol–water partition coefficient (Wildman–Crippen LogP) is 4.87. The number of hydrogen-bond donors (Lipinski definition) is 3. The van der Waals surface area contributed by atoms with Crippen LogP contribution in [0.15, 0.2) is 46.7 Å². The van der Waals surface area contributed by atoms with E-state index in [1.807, 2.05) is 0 Å². The number of ether oxygens (including phenoxy) is 1. The summed E-state index contributed by atoms with van der Waals surface area (Å²) in [6, 6.07) is 5.31. The van der Waals surface area contributed by atoms with Gasteiger partial charge in [0.05, 0.1) is 10.0 Å². The average Bonchev–Trinajstić information content (AvgIpc) is 2.84. The van der Waals surface area contributed by atoms with E-state index in [0.29, 0.717) is 42.7 Å². The lowest BCUT2D eigenvalue weighted by Crippen LogP contribution is -2.49. The van der Waals surface area contributed by atoms with Crippen molar-refractivity contribution in [1.82, 2.24) is 10.2 Å². The van der Waals surface area contributed by atoms with Crippen molar-refractivity contribution in [2.75, 3.05) is 31.6 Å². The molecule has 7 nitrogen and oxygen atoms in total. The second kappa shape index (κ2) is 12.3. The predicted molar refractivity (Wildman–Crippen MR) is 136 cm³/mol. The van der Waals surface area contributed by atoms with Gasteiger partial charge in [-0.25, -0.2) is 4.99 Å². The number of anilines is 1. The molecule has 2 heterocycles. The van der Waals surface area contributed by atoms with E-state index < -0.39 is 23.6 Å². The van der Waals surface area contributed by atoms with Gasteiger partial charge in [-0.1, -0.05) is 29.8 Å². The van der Waals surface area contributed by atoms with E-state index in [2.05, 4.69) is 22.2 Å². The molecule has 1 amide bonds. The Labute approximate surface area is 218 Å². The van der Waals surface area contributed by atoms with Crippen LogP contribution >= 0.6 is 23.2 Å². The molecule has 198 valence electrons. The van der Waals surface area contributed by atoms with Crippen LogP contribution in [0.5, 0.6) is 0 Å². The second-order valence-corrected chi connectivity index (χ2v) is 9.64. The summed E-state index contributed by atoms with van der Waals surface area (Å²) >= 11 is 12.0. The summed E-state index contributed by atoms with van der Waals surface area (Å²) in [5.41, 5.74) is 5.56. The van der Waals surface area contributed by atoms with Gasteiger partial charge >= 0.3 is 6.18 Å². The van der Waals surface area contributed by atoms with E-state index in [1.165, 1.54) is 17.9 Å². The molecule has 2 aliphatic rings. The van der Waals surface area contributed by atoms with Gasteiger partial charge in [-0.3, -0.25) is 4.79 Å². The zero-order valence-corrected chi connectivity index (χ0v) is 21.4. The van der Waals surface area contributed by atoms with Crippen LogP contribution in [0.3, 0.4) is 0 Å². The van der Waals surface area contributed by atoms with Gasteiger partial charge in [0, 0.05) is 55.3 Å². The highest BCUT2D eigenvalue weighted by Gasteiger charge is 2.35. The molecule has 0 atom stereocenters. The van der Waals surface area contributed by atoms with Crippen molar-refractivity contribution in [2.24, 2.45) is 10.7 Å². The first kappa shape index (κ1) is 28.3. The largest absolute Gasteiger partial charge is 0.448 e. The minimum atomic E-state index is -4.88. The molecule has 0 unspecified atom stereocenters. The van der Waals surface area contributed by atoms with E-state index in [9.17, 15) is 18.0 Å². The van der Waals surface area contributed by atoms with Gasteiger partial charge in [0.15, 0.2) is 0 Å². The van der Waals surface area contributed by atoms with E-state index in [-0.39, 0.29) is 22.3 Å². The first-order valence-electron chi connectivity index (χ1n) is 11.6. The highest BCUT2D eigenvalue weighted by Crippen LogP contribution is 2.28. The molecule has 3 rings (SSSR count). The summed E-state index contributed by atoms with van der Waals surface area (Å²) in [6.45, 7) is 7.54. The Morgan fingerprint density at radius 2 is 1.75 bits per heavy atom. The minimum Gasteiger partial charge on any atom is -0.381 e. The van der Waals surface area contributed by atoms with Crippen molar-refractivity contribution in [3.8, 4) is 0 Å². The fourth-order valence-electron chi connectivity index (χ4n) is 4.06. The lowest BCUT2D eigenvalue weighted by Gasteiger charge is -2.35. The Morgan fingerprint density at radius 3 is 2.33 bits per heavy atom. The van der Waals surface area contributed by atoms with Gasteiger partial charge in [0.25, 0.3) is 5.91 Å². The number of carbonyl (C=O) groups excluding carboxylic acids is 1. The molecule has 0 saturated carbocycles. The zero-order valence-electron chi connectivity index (χ0n) is 19.9. The second-order valence-electron chi connectivity index (χ2n) is 8.82. The molecule has 12 heteroatoms. The highest BCUT2D eigenvalue weighted by molar-refractivity contribution is 6.42. The number of hydrogen-bond acceptors (Lipinski definition) is 5. The van der Waals surface area contributed by atoms with Gasteiger partial charge < -0.3 is 26.0 Å². The standard InChI is InChI=1S/C24H30Cl2F3N5O2/c1-14(15(2)31-18-3-4-19(25)20(26)13-18)21(33-23(30)24(27,28)29)22(35)34-9-5-16(6-10-34)32-17-7-11-36-12-8-17/h3-4,13,16-17,31-32H,2,5-12H2,1H3,(H2,30,33)/b21-14-. The quantitative estimate of drug-likeness (QED) is 0.196. The first-order chi connectivity index (χ1) is 17.0. The summed E-state index contributed by atoms with van der Waals surface area (Å²) < 4.78 is 45.0. The Bertz CT molecular complexity index is 1030. The topological polar surface area (TPSA) is 92.0 Å². The molecule has 1 aromatic rings. The van der Waals surface area contributed by atoms with Crippen LogP contribution in [0.25, 0.3) is 0 Å². The molecule has 4 N–H and O–H groups in total. The number of likely N-dealkylation sites (tertiary alicyclic amines) is 1. The Morgan fingerprint density at radius 1 is 1.14 bits per heavy atom. The monoisotopic (exact) mass is 547 g/mol. The van der Waals surface area contributed by atoms with E-state index in [4.69, 9.17) is 33.7 Å². The first-order valence-corrected chi connectivity index (χ1v) is 12.4. The molecular weight excluding hydrogens is 518 g/mol. The van der Waals surface area contributed by atoms with Gasteiger partial charge in [-0.15, -0.1) is 0 Å². The molecule has 2 saturated heterocycles. The molecule has 0 aromatic heterocycles. The third kappa shape index (κ3) is 7.61. The fraction of sp³-hybridized carbons (Fsp3) is 0.500. The van der Waals surface area contributed by atoms with Crippen LogP contribution in [-0.4, -0.2) is 61.2 Å². The molecule has 0 spiro atoms. The molecule has 0 aliphatic carbocycles. The maximum absolute atomic E-state index is 13.3. The Kier molecular flexibility index (Phi) is 9.68. The van der Waals surface area contributed by atoms with E-state index in [0.717, 1.165) is 26.1 Å². The van der Waals surface area contributed by atoms with E-state index >= 15 is 0 Å². The molecule has 36 heavy (non-hydrogen) atoms. The lowest BCUT2D eigenvalue weighted by atomic mass is 10.0. The molecule has 0 radical (unpaired) electrons. The van der Waals surface area contributed by atoms with Crippen molar-refractivity contribution in [3.63, 3.8) is 0 Å². The molecule has 2 fully saturated rings. The van der Waals surface area contributed by atoms with Gasteiger partial charge in [0.1, 0.15) is 5.70 Å². The number of nitrogens with two attached hydrogens (primary N) is 1. The van der Waals surface area contributed by atoms with Crippen molar-refractivity contribution in [1.29, 1.82) is 0 Å². The number of aliphatic imine (C=N–C) groups is 1. The molecule has 1 aromatic carbocycles. The van der Waals surface area contributed by atoms with Crippen LogP contribution in [-0.2, 0) is 9.53 Å². The number of rotatable bonds is 7. The third-order valence-corrected chi connectivity index (χ3v) is 6.96. The van der Waals surface area contributed by atoms with Gasteiger partial charge in [-0.05, 0) is 50.8 Å². The van der Waals surface area contributed by atoms with Crippen LogP contribution in [0.1, 0.15) is 32.6 Å². The van der Waals surface area contributed by atoms with Crippen molar-refractivity contribution < 1.29 is 22.7 Å². The SMILES string of the molecule is C=C(Nc1ccc(Cl)c(Cl)c1)/C(C)=C(\N=C(/N)C(F)(F)F)C(=O)N1CCC(NC2CCOCC2)CC1. The summed E-state index contributed by atoms with van der Waals surface area (Å²) in [5, 5.41) is 7.16. The van der Waals surface area contributed by atoms with Crippen LogP contribution in [0.2, 0.25) is 10.0 Å². The van der Waals surface area contributed by atoms with Gasteiger partial charge in [0.2, 0.25) is 5.84 Å². The summed E-state index contributed by atoms with van der Waals surface area (Å²) in [4.78, 5) is 18.4.